The van der Waals surface area contributed by atoms with Gasteiger partial charge in [-0.15, -0.1) is 0 Å². The van der Waals surface area contributed by atoms with Crippen LogP contribution in [0.4, 0.5) is 0 Å². The molecule has 1 aliphatic heterocycles. The van der Waals surface area contributed by atoms with Crippen molar-refractivity contribution in [3.05, 3.63) is 0 Å². The number of rotatable bonds is 3. The lowest BCUT2D eigenvalue weighted by atomic mass is 9.97. The first-order valence-electron chi connectivity index (χ1n) is 5.98. The van der Waals surface area contributed by atoms with E-state index in [2.05, 4.69) is 25.7 Å². The van der Waals surface area contributed by atoms with E-state index in [1.807, 2.05) is 0 Å². The van der Waals surface area contributed by atoms with Crippen molar-refractivity contribution in [1.29, 1.82) is 0 Å². The van der Waals surface area contributed by atoms with Crippen LogP contribution in [0.3, 0.4) is 0 Å². The Kier molecular flexibility index (Phi) is 4.43. The van der Waals surface area contributed by atoms with Crippen LogP contribution < -0.4 is 0 Å². The lowest BCUT2D eigenvalue weighted by molar-refractivity contribution is -0.137. The monoisotopic (exact) mass is 197 g/mol. The highest BCUT2D eigenvalue weighted by atomic mass is 16.2. The molecule has 0 spiro atoms. The molecule has 0 aliphatic carbocycles. The summed E-state index contributed by atoms with van der Waals surface area (Å²) in [6.07, 6.45) is 6.53. The van der Waals surface area contributed by atoms with Gasteiger partial charge in [0.15, 0.2) is 0 Å². The van der Waals surface area contributed by atoms with Crippen LogP contribution in [0.25, 0.3) is 0 Å². The number of amides is 1. The van der Waals surface area contributed by atoms with Crippen molar-refractivity contribution >= 4 is 5.91 Å². The molecule has 2 nitrogen and oxygen atoms in total. The summed E-state index contributed by atoms with van der Waals surface area (Å²) in [5, 5.41) is 0. The largest absolute Gasteiger partial charge is 0.337 e. The van der Waals surface area contributed by atoms with E-state index in [1.165, 1.54) is 19.3 Å². The minimum atomic E-state index is 0.367. The summed E-state index contributed by atoms with van der Waals surface area (Å²) in [6.45, 7) is 6.50. The zero-order valence-electron chi connectivity index (χ0n) is 9.75. The quantitative estimate of drug-likeness (QED) is 0.681. The van der Waals surface area contributed by atoms with Gasteiger partial charge in [-0.2, -0.15) is 0 Å². The third-order valence-electron chi connectivity index (χ3n) is 3.23. The Hall–Kier alpha value is -0.530. The molecule has 1 amide bonds. The minimum absolute atomic E-state index is 0.367. The lowest BCUT2D eigenvalue weighted by Crippen LogP contribution is -2.47. The number of nitrogens with zero attached hydrogens (tertiary/aromatic N) is 1. The Balaban J connectivity index is 2.49. The molecular weight excluding hydrogens is 174 g/mol. The molecule has 14 heavy (non-hydrogen) atoms. The molecule has 0 N–H and O–H groups in total. The highest BCUT2D eigenvalue weighted by molar-refractivity contribution is 5.76. The summed E-state index contributed by atoms with van der Waals surface area (Å²) in [4.78, 5) is 14.0. The first-order chi connectivity index (χ1) is 6.66. The molecule has 82 valence electrons. The second-order valence-corrected chi connectivity index (χ2v) is 4.53. The number of hydrogen-bond donors (Lipinski definition) is 0. The third-order valence-corrected chi connectivity index (χ3v) is 3.23. The summed E-state index contributed by atoms with van der Waals surface area (Å²) in [7, 11) is 0. The van der Waals surface area contributed by atoms with Crippen molar-refractivity contribution in [2.45, 2.75) is 71.4 Å². The van der Waals surface area contributed by atoms with E-state index < -0.39 is 0 Å². The summed E-state index contributed by atoms with van der Waals surface area (Å²) in [6, 6.07) is 0.922. The second kappa shape index (κ2) is 5.38. The Morgan fingerprint density at radius 3 is 2.36 bits per heavy atom. The maximum Gasteiger partial charge on any atom is 0.223 e. The number of hydrogen-bond acceptors (Lipinski definition) is 1. The summed E-state index contributed by atoms with van der Waals surface area (Å²) in [5.41, 5.74) is 0. The molecule has 0 aromatic heterocycles. The second-order valence-electron chi connectivity index (χ2n) is 4.53. The first-order valence-corrected chi connectivity index (χ1v) is 5.98. The average Bonchev–Trinajstić information content (AvgIpc) is 2.14. The highest BCUT2D eigenvalue weighted by Crippen LogP contribution is 2.23. The van der Waals surface area contributed by atoms with Gasteiger partial charge >= 0.3 is 0 Å². The molecular formula is C12H23NO. The molecule has 1 saturated heterocycles. The van der Waals surface area contributed by atoms with E-state index in [-0.39, 0.29) is 0 Å². The normalized spacial score (nSPS) is 27.8. The van der Waals surface area contributed by atoms with Gasteiger partial charge in [-0.3, -0.25) is 4.79 Å². The Labute approximate surface area is 87.7 Å². The molecule has 0 aromatic rings. The van der Waals surface area contributed by atoms with Gasteiger partial charge in [-0.05, 0) is 39.5 Å². The maximum atomic E-state index is 11.9. The molecule has 0 radical (unpaired) electrons. The highest BCUT2D eigenvalue weighted by Gasteiger charge is 2.27. The van der Waals surface area contributed by atoms with Crippen molar-refractivity contribution in [2.24, 2.45) is 0 Å². The fraction of sp³-hybridized carbons (Fsp3) is 0.917. The molecule has 1 aliphatic rings. The van der Waals surface area contributed by atoms with Gasteiger partial charge in [0.05, 0.1) is 0 Å². The molecule has 1 fully saturated rings. The lowest BCUT2D eigenvalue weighted by Gasteiger charge is -2.39. The van der Waals surface area contributed by atoms with Crippen LogP contribution in [0, 0.1) is 0 Å². The van der Waals surface area contributed by atoms with Crippen molar-refractivity contribution in [2.75, 3.05) is 0 Å². The van der Waals surface area contributed by atoms with E-state index in [0.717, 1.165) is 19.3 Å². The van der Waals surface area contributed by atoms with Crippen LogP contribution in [0.2, 0.25) is 0 Å². The molecule has 0 saturated carbocycles. The van der Waals surface area contributed by atoms with Gasteiger partial charge in [0.2, 0.25) is 5.91 Å². The van der Waals surface area contributed by atoms with Gasteiger partial charge in [0.1, 0.15) is 0 Å². The number of likely N-dealkylation sites (tertiary alicyclic amines) is 1. The number of carbonyl (C=O) groups is 1. The van der Waals surface area contributed by atoms with Gasteiger partial charge in [-0.1, -0.05) is 13.3 Å². The van der Waals surface area contributed by atoms with Crippen molar-refractivity contribution in [3.8, 4) is 0 Å². The van der Waals surface area contributed by atoms with Crippen LogP contribution in [-0.2, 0) is 4.79 Å². The molecule has 0 bridgehead atoms. The Morgan fingerprint density at radius 1 is 1.29 bits per heavy atom. The predicted octanol–water partition coefficient (Wildman–Crippen LogP) is 2.97. The van der Waals surface area contributed by atoms with Crippen molar-refractivity contribution < 1.29 is 4.79 Å². The van der Waals surface area contributed by atoms with E-state index in [1.54, 1.807) is 0 Å². The van der Waals surface area contributed by atoms with Crippen molar-refractivity contribution in [3.63, 3.8) is 0 Å². The van der Waals surface area contributed by atoms with E-state index in [9.17, 15) is 4.79 Å². The molecule has 1 rings (SSSR count). The predicted molar refractivity (Wildman–Crippen MR) is 59.1 cm³/mol. The van der Waals surface area contributed by atoms with Gasteiger partial charge in [-0.25, -0.2) is 0 Å². The first kappa shape index (κ1) is 11.5. The average molecular weight is 197 g/mol. The molecule has 2 heteroatoms. The molecule has 0 aromatic carbocycles. The fourth-order valence-electron chi connectivity index (χ4n) is 2.37. The van der Waals surface area contributed by atoms with Crippen LogP contribution in [0.5, 0.6) is 0 Å². The van der Waals surface area contributed by atoms with Gasteiger partial charge < -0.3 is 4.90 Å². The number of piperidine rings is 1. The standard InChI is InChI=1S/C12H23NO/c1-4-5-9-12(14)13-10(2)7-6-8-11(13)3/h10-11H,4-9H2,1-3H3. The number of carbonyl (C=O) groups excluding carboxylic acids is 1. The van der Waals surface area contributed by atoms with E-state index >= 15 is 0 Å². The smallest absolute Gasteiger partial charge is 0.223 e. The SMILES string of the molecule is CCCCC(=O)N1C(C)CCCC1C. The van der Waals surface area contributed by atoms with Gasteiger partial charge in [0.25, 0.3) is 0 Å². The minimum Gasteiger partial charge on any atom is -0.337 e. The van der Waals surface area contributed by atoms with Crippen LogP contribution in [0.15, 0.2) is 0 Å². The van der Waals surface area contributed by atoms with E-state index in [0.29, 0.717) is 18.0 Å². The van der Waals surface area contributed by atoms with Crippen LogP contribution in [-0.4, -0.2) is 22.9 Å². The summed E-state index contributed by atoms with van der Waals surface area (Å²) in [5.74, 6) is 0.367. The Bertz CT molecular complexity index is 181. The van der Waals surface area contributed by atoms with Crippen molar-refractivity contribution in [1.82, 2.24) is 4.90 Å². The number of unbranched alkanes of at least 4 members (excludes halogenated alkanes) is 1. The van der Waals surface area contributed by atoms with Gasteiger partial charge in [0, 0.05) is 18.5 Å². The Morgan fingerprint density at radius 2 is 1.86 bits per heavy atom. The fourth-order valence-corrected chi connectivity index (χ4v) is 2.37. The summed E-state index contributed by atoms with van der Waals surface area (Å²) >= 11 is 0. The third kappa shape index (κ3) is 2.73. The zero-order chi connectivity index (χ0) is 10.6. The van der Waals surface area contributed by atoms with E-state index in [4.69, 9.17) is 0 Å². The molecule has 1 heterocycles. The van der Waals surface area contributed by atoms with Crippen LogP contribution >= 0.6 is 0 Å². The maximum absolute atomic E-state index is 11.9. The molecule has 2 unspecified atom stereocenters. The molecule has 2 atom stereocenters. The van der Waals surface area contributed by atoms with Crippen LogP contribution in [0.1, 0.15) is 59.3 Å². The zero-order valence-corrected chi connectivity index (χ0v) is 9.75. The summed E-state index contributed by atoms with van der Waals surface area (Å²) < 4.78 is 0. The topological polar surface area (TPSA) is 20.3 Å².